The maximum atomic E-state index is 13.9. The molecule has 19 heavy (non-hydrogen) atoms. The van der Waals surface area contributed by atoms with Crippen LogP contribution in [-0.2, 0) is 6.54 Å². The van der Waals surface area contributed by atoms with Crippen molar-refractivity contribution in [1.29, 1.82) is 0 Å². The molecule has 108 valence electrons. The Labute approximate surface area is 116 Å². The minimum Gasteiger partial charge on any atom is -0.490 e. The Balaban J connectivity index is 2.56. The molecule has 0 saturated heterocycles. The molecule has 0 spiro atoms. The van der Waals surface area contributed by atoms with E-state index < -0.39 is 0 Å². The van der Waals surface area contributed by atoms with Gasteiger partial charge in [0.2, 0.25) is 0 Å². The zero-order valence-corrected chi connectivity index (χ0v) is 12.5. The molecule has 0 amide bonds. The predicted octanol–water partition coefficient (Wildman–Crippen LogP) is 4.14. The smallest absolute Gasteiger partial charge is 0.165 e. The lowest BCUT2D eigenvalue weighted by atomic mass is 10.1. The van der Waals surface area contributed by atoms with Crippen LogP contribution >= 0.6 is 0 Å². The molecule has 1 aromatic carbocycles. The van der Waals surface area contributed by atoms with Gasteiger partial charge >= 0.3 is 0 Å². The second-order valence-corrected chi connectivity index (χ2v) is 5.29. The summed E-state index contributed by atoms with van der Waals surface area (Å²) >= 11 is 0. The second-order valence-electron chi connectivity index (χ2n) is 5.29. The molecule has 0 heterocycles. The van der Waals surface area contributed by atoms with Crippen molar-refractivity contribution >= 4 is 0 Å². The Bertz CT molecular complexity index is 375. The van der Waals surface area contributed by atoms with Gasteiger partial charge in [0.1, 0.15) is 0 Å². The summed E-state index contributed by atoms with van der Waals surface area (Å²) in [6, 6.07) is 5.60. The molecule has 0 fully saturated rings. The fraction of sp³-hybridized carbons (Fsp3) is 0.625. The number of halogens is 1. The summed E-state index contributed by atoms with van der Waals surface area (Å²) in [4.78, 5) is 0. The van der Waals surface area contributed by atoms with Gasteiger partial charge in [0.15, 0.2) is 11.6 Å². The van der Waals surface area contributed by atoms with Crippen molar-refractivity contribution < 1.29 is 9.13 Å². The van der Waals surface area contributed by atoms with Crippen LogP contribution in [0.15, 0.2) is 18.2 Å². The fourth-order valence-electron chi connectivity index (χ4n) is 1.83. The van der Waals surface area contributed by atoms with Crippen LogP contribution in [-0.4, -0.2) is 12.6 Å². The fourth-order valence-corrected chi connectivity index (χ4v) is 1.83. The van der Waals surface area contributed by atoms with E-state index in [2.05, 4.69) is 33.0 Å². The Kier molecular flexibility index (Phi) is 6.85. The number of rotatable bonds is 8. The van der Waals surface area contributed by atoms with Crippen LogP contribution in [0.25, 0.3) is 0 Å². The van der Waals surface area contributed by atoms with Gasteiger partial charge in [-0.25, -0.2) is 4.39 Å². The van der Waals surface area contributed by atoms with Crippen LogP contribution in [0.5, 0.6) is 5.75 Å². The van der Waals surface area contributed by atoms with Crippen LogP contribution in [0.4, 0.5) is 4.39 Å². The Hall–Kier alpha value is -1.09. The molecule has 0 aromatic heterocycles. The van der Waals surface area contributed by atoms with Gasteiger partial charge in [-0.15, -0.1) is 0 Å². The number of ether oxygens (including phenoxy) is 1. The first kappa shape index (κ1) is 16.0. The van der Waals surface area contributed by atoms with E-state index in [4.69, 9.17) is 4.74 Å². The van der Waals surface area contributed by atoms with E-state index in [9.17, 15) is 4.39 Å². The van der Waals surface area contributed by atoms with Crippen LogP contribution in [0.3, 0.4) is 0 Å². The highest BCUT2D eigenvalue weighted by Gasteiger charge is 2.08. The Morgan fingerprint density at radius 2 is 1.89 bits per heavy atom. The van der Waals surface area contributed by atoms with Crippen molar-refractivity contribution in [3.8, 4) is 5.75 Å². The second kappa shape index (κ2) is 8.16. The largest absolute Gasteiger partial charge is 0.490 e. The maximum absolute atomic E-state index is 13.9. The van der Waals surface area contributed by atoms with E-state index in [-0.39, 0.29) is 5.82 Å². The lowest BCUT2D eigenvalue weighted by Gasteiger charge is -2.15. The first-order chi connectivity index (χ1) is 9.06. The molecule has 0 atom stereocenters. The van der Waals surface area contributed by atoms with Crippen LogP contribution < -0.4 is 10.1 Å². The summed E-state index contributed by atoms with van der Waals surface area (Å²) in [6.45, 7) is 9.69. The average molecular weight is 267 g/mol. The van der Waals surface area contributed by atoms with Gasteiger partial charge in [-0.2, -0.15) is 0 Å². The molecule has 3 heteroatoms. The summed E-state index contributed by atoms with van der Waals surface area (Å²) in [5.41, 5.74) is 0.945. The van der Waals surface area contributed by atoms with Crippen molar-refractivity contribution in [3.63, 3.8) is 0 Å². The van der Waals surface area contributed by atoms with Gasteiger partial charge < -0.3 is 10.1 Å². The number of hydrogen-bond acceptors (Lipinski definition) is 2. The third kappa shape index (κ3) is 5.60. The van der Waals surface area contributed by atoms with Crippen molar-refractivity contribution in [2.45, 2.75) is 53.1 Å². The van der Waals surface area contributed by atoms with Gasteiger partial charge in [0.05, 0.1) is 6.61 Å². The predicted molar refractivity (Wildman–Crippen MR) is 77.9 cm³/mol. The van der Waals surface area contributed by atoms with E-state index >= 15 is 0 Å². The van der Waals surface area contributed by atoms with Crippen LogP contribution in [0, 0.1) is 11.7 Å². The third-order valence-electron chi connectivity index (χ3n) is 3.34. The highest BCUT2D eigenvalue weighted by Crippen LogP contribution is 2.20. The summed E-state index contributed by atoms with van der Waals surface area (Å²) in [5.74, 6) is 0.593. The molecule has 0 radical (unpaired) electrons. The molecule has 0 saturated carbocycles. The Morgan fingerprint density at radius 3 is 2.42 bits per heavy atom. The zero-order valence-electron chi connectivity index (χ0n) is 12.5. The van der Waals surface area contributed by atoms with E-state index in [0.717, 1.165) is 18.4 Å². The third-order valence-corrected chi connectivity index (χ3v) is 3.34. The van der Waals surface area contributed by atoms with Crippen LogP contribution in [0.1, 0.15) is 46.1 Å². The maximum Gasteiger partial charge on any atom is 0.165 e. The summed E-state index contributed by atoms with van der Waals surface area (Å²) in [7, 11) is 0. The SMILES string of the molecule is CCC(CC)COc1ccc(CNC(C)C)cc1F. The van der Waals surface area contributed by atoms with Gasteiger partial charge in [-0.05, 0) is 23.6 Å². The minimum atomic E-state index is -0.269. The molecule has 0 aliphatic carbocycles. The number of benzene rings is 1. The minimum absolute atomic E-state index is 0.269. The highest BCUT2D eigenvalue weighted by atomic mass is 19.1. The normalized spacial score (nSPS) is 11.3. The number of nitrogens with one attached hydrogen (secondary N) is 1. The lowest BCUT2D eigenvalue weighted by Crippen LogP contribution is -2.21. The molecule has 0 aliphatic heterocycles. The van der Waals surface area contributed by atoms with Crippen LogP contribution in [0.2, 0.25) is 0 Å². The molecule has 0 unspecified atom stereocenters. The van der Waals surface area contributed by atoms with Gasteiger partial charge in [-0.1, -0.05) is 46.6 Å². The van der Waals surface area contributed by atoms with Gasteiger partial charge in [0, 0.05) is 12.6 Å². The summed E-state index contributed by atoms with van der Waals surface area (Å²) in [5, 5.41) is 3.27. The zero-order chi connectivity index (χ0) is 14.3. The quantitative estimate of drug-likeness (QED) is 0.764. The standard InChI is InChI=1S/C16H26FNO/c1-5-13(6-2)11-19-16-8-7-14(9-15(16)17)10-18-12(3)4/h7-9,12-13,18H,5-6,10-11H2,1-4H3. The number of hydrogen-bond donors (Lipinski definition) is 1. The summed E-state index contributed by atoms with van der Waals surface area (Å²) < 4.78 is 19.4. The highest BCUT2D eigenvalue weighted by molar-refractivity contribution is 5.29. The topological polar surface area (TPSA) is 21.3 Å². The molecular formula is C16H26FNO. The van der Waals surface area contributed by atoms with Gasteiger partial charge in [-0.3, -0.25) is 0 Å². The monoisotopic (exact) mass is 267 g/mol. The first-order valence-electron chi connectivity index (χ1n) is 7.21. The molecular weight excluding hydrogens is 241 g/mol. The molecule has 1 rings (SSSR count). The molecule has 0 aliphatic rings. The molecule has 1 N–H and O–H groups in total. The van der Waals surface area contributed by atoms with E-state index in [0.29, 0.717) is 30.9 Å². The van der Waals surface area contributed by atoms with E-state index in [1.54, 1.807) is 12.1 Å². The summed E-state index contributed by atoms with van der Waals surface area (Å²) in [6.07, 6.45) is 2.13. The van der Waals surface area contributed by atoms with Crippen molar-refractivity contribution in [1.82, 2.24) is 5.32 Å². The Morgan fingerprint density at radius 1 is 1.21 bits per heavy atom. The first-order valence-corrected chi connectivity index (χ1v) is 7.21. The van der Waals surface area contributed by atoms with E-state index in [1.807, 2.05) is 6.07 Å². The molecule has 2 nitrogen and oxygen atoms in total. The van der Waals surface area contributed by atoms with Crippen molar-refractivity contribution in [3.05, 3.63) is 29.6 Å². The molecule has 1 aromatic rings. The molecule has 0 bridgehead atoms. The lowest BCUT2D eigenvalue weighted by molar-refractivity contribution is 0.231. The average Bonchev–Trinajstić information content (AvgIpc) is 2.39. The van der Waals surface area contributed by atoms with Crippen molar-refractivity contribution in [2.24, 2.45) is 5.92 Å². The van der Waals surface area contributed by atoms with Crippen molar-refractivity contribution in [2.75, 3.05) is 6.61 Å². The van der Waals surface area contributed by atoms with Gasteiger partial charge in [0.25, 0.3) is 0 Å². The van der Waals surface area contributed by atoms with E-state index in [1.165, 1.54) is 0 Å².